The van der Waals surface area contributed by atoms with Gasteiger partial charge < -0.3 is 20.4 Å². The fourth-order valence-corrected chi connectivity index (χ4v) is 1.71. The first-order valence-electron chi connectivity index (χ1n) is 6.76. The van der Waals surface area contributed by atoms with E-state index in [1.54, 1.807) is 6.92 Å². The Morgan fingerprint density at radius 1 is 1.25 bits per heavy atom. The van der Waals surface area contributed by atoms with Crippen LogP contribution in [-0.4, -0.2) is 44.7 Å². The number of aliphatic carboxylic acids is 1. The minimum atomic E-state index is -1.47. The summed E-state index contributed by atoms with van der Waals surface area (Å²) >= 11 is 0. The number of rotatable bonds is 9. The second kappa shape index (κ2) is 8.89. The fraction of sp³-hybridized carbons (Fsp3) is 0.667. The monoisotopic (exact) mass is 286 g/mol. The highest BCUT2D eigenvalue weighted by Crippen LogP contribution is 2.17. The van der Waals surface area contributed by atoms with E-state index in [0.717, 1.165) is 17.6 Å². The summed E-state index contributed by atoms with van der Waals surface area (Å²) in [7, 11) is 0. The van der Waals surface area contributed by atoms with E-state index in [0.29, 0.717) is 19.3 Å². The van der Waals surface area contributed by atoms with E-state index in [9.17, 15) is 15.0 Å². The molecule has 116 valence electrons. The van der Waals surface area contributed by atoms with Crippen molar-refractivity contribution in [3.05, 3.63) is 23.3 Å². The largest absolute Gasteiger partial charge is 0.478 e. The number of aliphatic hydroxyl groups is 3. The Morgan fingerprint density at radius 2 is 1.85 bits per heavy atom. The minimum Gasteiger partial charge on any atom is -0.478 e. The van der Waals surface area contributed by atoms with Crippen LogP contribution in [0.5, 0.6) is 0 Å². The highest BCUT2D eigenvalue weighted by Gasteiger charge is 2.28. The van der Waals surface area contributed by atoms with Crippen molar-refractivity contribution in [1.29, 1.82) is 0 Å². The molecule has 20 heavy (non-hydrogen) atoms. The molecule has 0 aromatic carbocycles. The number of carboxylic acid groups (broad SMARTS) is 1. The quantitative estimate of drug-likeness (QED) is 0.381. The van der Waals surface area contributed by atoms with Gasteiger partial charge in [-0.05, 0) is 46.5 Å². The van der Waals surface area contributed by atoms with E-state index in [1.165, 1.54) is 13.0 Å². The van der Waals surface area contributed by atoms with Crippen molar-refractivity contribution in [2.75, 3.05) is 6.61 Å². The topological polar surface area (TPSA) is 98.0 Å². The molecule has 0 fully saturated rings. The van der Waals surface area contributed by atoms with E-state index in [1.807, 2.05) is 13.0 Å². The molecule has 0 amide bonds. The van der Waals surface area contributed by atoms with Gasteiger partial charge in [0, 0.05) is 6.08 Å². The molecule has 0 aliphatic carbocycles. The summed E-state index contributed by atoms with van der Waals surface area (Å²) in [5.74, 6) is -0.933. The molecule has 0 aliphatic rings. The number of hydrogen-bond acceptors (Lipinski definition) is 4. The molecule has 0 saturated carbocycles. The summed E-state index contributed by atoms with van der Waals surface area (Å²) in [5.41, 5.74) is 0.409. The van der Waals surface area contributed by atoms with Crippen molar-refractivity contribution in [2.45, 2.75) is 58.2 Å². The SMILES string of the molecule is CC(=CC(=O)O)CCC=C(C)CCC(O)C(C)(O)CO. The van der Waals surface area contributed by atoms with E-state index < -0.39 is 24.3 Å². The summed E-state index contributed by atoms with van der Waals surface area (Å²) in [5, 5.41) is 36.9. The Balaban J connectivity index is 4.13. The van der Waals surface area contributed by atoms with Crippen LogP contribution in [0.4, 0.5) is 0 Å². The van der Waals surface area contributed by atoms with Gasteiger partial charge in [-0.1, -0.05) is 17.2 Å². The predicted octanol–water partition coefficient (Wildman–Crippen LogP) is 1.63. The van der Waals surface area contributed by atoms with Gasteiger partial charge in [0.25, 0.3) is 0 Å². The Labute approximate surface area is 120 Å². The van der Waals surface area contributed by atoms with Crippen molar-refractivity contribution >= 4 is 5.97 Å². The van der Waals surface area contributed by atoms with Crippen molar-refractivity contribution in [3.63, 3.8) is 0 Å². The Bertz CT molecular complexity index is 368. The van der Waals surface area contributed by atoms with Gasteiger partial charge in [-0.2, -0.15) is 0 Å². The maximum absolute atomic E-state index is 10.4. The molecule has 0 aromatic rings. The highest BCUT2D eigenvalue weighted by atomic mass is 16.4. The second-order valence-corrected chi connectivity index (χ2v) is 5.49. The lowest BCUT2D eigenvalue weighted by Crippen LogP contribution is -2.42. The zero-order valence-electron chi connectivity index (χ0n) is 12.5. The van der Waals surface area contributed by atoms with Crippen LogP contribution in [0.25, 0.3) is 0 Å². The van der Waals surface area contributed by atoms with Crippen molar-refractivity contribution < 1.29 is 25.2 Å². The summed E-state index contributed by atoms with van der Waals surface area (Å²) in [4.78, 5) is 10.4. The number of carboxylic acids is 1. The third kappa shape index (κ3) is 8.09. The van der Waals surface area contributed by atoms with E-state index in [2.05, 4.69) is 0 Å². The number of aliphatic hydroxyl groups excluding tert-OH is 2. The fourth-order valence-electron chi connectivity index (χ4n) is 1.71. The van der Waals surface area contributed by atoms with Gasteiger partial charge in [-0.15, -0.1) is 0 Å². The summed E-state index contributed by atoms with van der Waals surface area (Å²) in [6, 6.07) is 0. The Hall–Kier alpha value is -1.17. The summed E-state index contributed by atoms with van der Waals surface area (Å²) in [6.07, 6.45) is 4.66. The van der Waals surface area contributed by atoms with Gasteiger partial charge in [-0.3, -0.25) is 0 Å². The minimum absolute atomic E-state index is 0.375. The molecule has 2 atom stereocenters. The smallest absolute Gasteiger partial charge is 0.328 e. The van der Waals surface area contributed by atoms with Crippen LogP contribution in [0.3, 0.4) is 0 Å². The van der Waals surface area contributed by atoms with Gasteiger partial charge in [0.15, 0.2) is 0 Å². The summed E-state index contributed by atoms with van der Waals surface area (Å²) in [6.45, 7) is 4.63. The molecule has 0 heterocycles. The number of allylic oxidation sites excluding steroid dienone is 3. The van der Waals surface area contributed by atoms with Crippen LogP contribution in [0, 0.1) is 0 Å². The van der Waals surface area contributed by atoms with E-state index >= 15 is 0 Å². The Morgan fingerprint density at radius 3 is 2.35 bits per heavy atom. The zero-order chi connectivity index (χ0) is 15.8. The molecule has 0 aliphatic heterocycles. The van der Waals surface area contributed by atoms with Crippen molar-refractivity contribution in [3.8, 4) is 0 Å². The van der Waals surface area contributed by atoms with Gasteiger partial charge in [0.05, 0.1) is 12.7 Å². The van der Waals surface area contributed by atoms with Crippen molar-refractivity contribution in [1.82, 2.24) is 0 Å². The highest BCUT2D eigenvalue weighted by molar-refractivity contribution is 5.80. The van der Waals surface area contributed by atoms with Crippen LogP contribution in [0.1, 0.15) is 46.5 Å². The van der Waals surface area contributed by atoms with Crippen molar-refractivity contribution in [2.24, 2.45) is 0 Å². The average molecular weight is 286 g/mol. The van der Waals surface area contributed by atoms with Gasteiger partial charge >= 0.3 is 5.97 Å². The molecule has 0 aromatic heterocycles. The van der Waals surface area contributed by atoms with E-state index in [4.69, 9.17) is 10.2 Å². The molecule has 0 rings (SSSR count). The molecule has 0 saturated heterocycles. The molecule has 2 unspecified atom stereocenters. The van der Waals surface area contributed by atoms with Gasteiger partial charge in [0.1, 0.15) is 5.60 Å². The first-order chi connectivity index (χ1) is 9.19. The van der Waals surface area contributed by atoms with Crippen LogP contribution in [0.2, 0.25) is 0 Å². The third-order valence-electron chi connectivity index (χ3n) is 3.25. The molecule has 4 N–H and O–H groups in total. The average Bonchev–Trinajstić information content (AvgIpc) is 2.34. The van der Waals surface area contributed by atoms with E-state index in [-0.39, 0.29) is 0 Å². The molecule has 5 nitrogen and oxygen atoms in total. The number of hydrogen-bond donors (Lipinski definition) is 4. The second-order valence-electron chi connectivity index (χ2n) is 5.49. The lowest BCUT2D eigenvalue weighted by molar-refractivity contribution is -0.131. The lowest BCUT2D eigenvalue weighted by Gasteiger charge is -2.26. The van der Waals surface area contributed by atoms with Gasteiger partial charge in [0.2, 0.25) is 0 Å². The molecular weight excluding hydrogens is 260 g/mol. The molecule has 0 radical (unpaired) electrons. The zero-order valence-corrected chi connectivity index (χ0v) is 12.5. The standard InChI is InChI=1S/C15H26O5/c1-11(5-4-6-12(2)9-14(18)19)7-8-13(17)15(3,20)10-16/h5,9,13,16-17,20H,4,6-8,10H2,1-3H3,(H,18,19). The Kier molecular flexibility index (Phi) is 8.37. The van der Waals surface area contributed by atoms with Gasteiger partial charge in [-0.25, -0.2) is 4.79 Å². The van der Waals surface area contributed by atoms with Crippen LogP contribution < -0.4 is 0 Å². The van der Waals surface area contributed by atoms with Crippen LogP contribution >= 0.6 is 0 Å². The maximum atomic E-state index is 10.4. The maximum Gasteiger partial charge on any atom is 0.328 e. The summed E-state index contributed by atoms with van der Waals surface area (Å²) < 4.78 is 0. The molecule has 5 heteroatoms. The predicted molar refractivity (Wildman–Crippen MR) is 77.3 cm³/mol. The molecular formula is C15H26O5. The van der Waals surface area contributed by atoms with Crippen LogP contribution in [-0.2, 0) is 4.79 Å². The molecule has 0 bridgehead atoms. The first kappa shape index (κ1) is 18.8. The number of carbonyl (C=O) groups is 1. The first-order valence-corrected chi connectivity index (χ1v) is 6.76. The normalized spacial score (nSPS) is 17.7. The third-order valence-corrected chi connectivity index (χ3v) is 3.25. The molecule has 0 spiro atoms. The lowest BCUT2D eigenvalue weighted by atomic mass is 9.94. The van der Waals surface area contributed by atoms with Crippen LogP contribution in [0.15, 0.2) is 23.3 Å².